The van der Waals surface area contributed by atoms with Crippen LogP contribution in [0.4, 0.5) is 20.8 Å². The fourth-order valence-electron chi connectivity index (χ4n) is 13.3. The van der Waals surface area contributed by atoms with Crippen molar-refractivity contribution < 1.29 is 18.8 Å². The minimum absolute atomic E-state index is 0.0230. The molecule has 7 N–H and O–H groups in total. The second-order valence-corrected chi connectivity index (χ2v) is 30.0. The van der Waals surface area contributed by atoms with Crippen LogP contribution >= 0.6 is 42.5 Å². The van der Waals surface area contributed by atoms with Gasteiger partial charge in [0.05, 0.1) is 23.3 Å². The Bertz CT molecular complexity index is 3450. The van der Waals surface area contributed by atoms with Gasteiger partial charge in [-0.3, -0.25) is 45.0 Å². The van der Waals surface area contributed by atoms with E-state index in [-0.39, 0.29) is 53.7 Å². The van der Waals surface area contributed by atoms with E-state index in [0.717, 1.165) is 104 Å². The molecule has 20 heteroatoms. The first-order valence-electron chi connectivity index (χ1n) is 29.8. The number of piperazine rings is 1. The first kappa shape index (κ1) is 64.6. The third-order valence-electron chi connectivity index (χ3n) is 17.4. The molecule has 1 unspecified atom stereocenters. The number of nitrogens with two attached hydrogens (primary N) is 1. The summed E-state index contributed by atoms with van der Waals surface area (Å²) in [5.41, 5.74) is 17.6. The molecule has 4 aromatic carbocycles. The number of thiophene rings is 1. The molecule has 6 heterocycles. The maximum Gasteiger partial charge on any atom is 0.251 e. The number of fused-ring (bicyclic) bond motifs is 2. The monoisotopic (exact) mass is 1240 g/mol. The summed E-state index contributed by atoms with van der Waals surface area (Å²) in [4.78, 5) is 57.4. The maximum absolute atomic E-state index is 16.2. The highest BCUT2D eigenvalue weighted by Crippen LogP contribution is 2.59. The first-order valence-corrected chi connectivity index (χ1v) is 33.3. The van der Waals surface area contributed by atoms with Gasteiger partial charge < -0.3 is 31.5 Å². The molecule has 10 rings (SSSR count). The quantitative estimate of drug-likeness (QED) is 0.0117. The molecule has 0 aliphatic carbocycles. The molecule has 1 aromatic heterocycles. The second-order valence-electron chi connectivity index (χ2n) is 25.4. The number of likely N-dealkylation sites (tertiary alicyclic amines) is 1. The molecule has 5 aromatic rings. The number of hydrogen-bond donors (Lipinski definition) is 6. The van der Waals surface area contributed by atoms with Gasteiger partial charge in [0.25, 0.3) is 5.91 Å². The predicted molar refractivity (Wildman–Crippen MR) is 355 cm³/mol. The van der Waals surface area contributed by atoms with Gasteiger partial charge in [0.15, 0.2) is 0 Å². The molecular formula is C66H84Cl2FN12O3PS. The van der Waals surface area contributed by atoms with Gasteiger partial charge in [0, 0.05) is 133 Å². The summed E-state index contributed by atoms with van der Waals surface area (Å²) in [5.74, 6) is -0.307. The molecule has 86 heavy (non-hydrogen) atoms. The summed E-state index contributed by atoms with van der Waals surface area (Å²) in [6.45, 7) is 28.1. The van der Waals surface area contributed by atoms with E-state index in [1.165, 1.54) is 28.3 Å². The third kappa shape index (κ3) is 14.8. The van der Waals surface area contributed by atoms with Crippen molar-refractivity contribution in [1.82, 2.24) is 25.3 Å². The van der Waals surface area contributed by atoms with Gasteiger partial charge in [-0.1, -0.05) is 113 Å². The number of hydrogen-bond acceptors (Lipinski definition) is 12. The summed E-state index contributed by atoms with van der Waals surface area (Å²) in [6.07, 6.45) is 6.39. The van der Waals surface area contributed by atoms with E-state index in [4.69, 9.17) is 49.7 Å². The smallest absolute Gasteiger partial charge is 0.251 e. The van der Waals surface area contributed by atoms with E-state index in [2.05, 4.69) is 103 Å². The number of anilines is 3. The highest BCUT2D eigenvalue weighted by Gasteiger charge is 2.55. The first-order chi connectivity index (χ1) is 40.8. The van der Waals surface area contributed by atoms with Crippen LogP contribution in [0.3, 0.4) is 0 Å². The van der Waals surface area contributed by atoms with E-state index in [0.29, 0.717) is 70.7 Å². The third-order valence-corrected chi connectivity index (χ3v) is 20.9. The van der Waals surface area contributed by atoms with Crippen LogP contribution in [0.25, 0.3) is 0 Å². The number of carbonyl (C=O) groups is 3. The molecule has 15 nitrogen and oxygen atoms in total. The highest BCUT2D eigenvalue weighted by atomic mass is 35.5. The highest BCUT2D eigenvalue weighted by molar-refractivity contribution is 7.65. The van der Waals surface area contributed by atoms with Crippen molar-refractivity contribution in [3.05, 3.63) is 144 Å². The van der Waals surface area contributed by atoms with Gasteiger partial charge >= 0.3 is 0 Å². The lowest BCUT2D eigenvalue weighted by Crippen LogP contribution is -2.50. The lowest BCUT2D eigenvalue weighted by Gasteiger charge is -2.41. The van der Waals surface area contributed by atoms with Gasteiger partial charge in [-0.2, -0.15) is 0 Å². The number of aliphatic imine (C=N–C) groups is 2. The van der Waals surface area contributed by atoms with Crippen LogP contribution in [0.5, 0.6) is 0 Å². The molecule has 3 amide bonds. The standard InChI is InChI=1S/C48H64Cl2FN8O3P.C18H20N4S/c1-30-33(46(62)54-26-47(3,4)25-48(5,6)27-58-19-17-57(18-20-58)16-8-15-53-31(2)61)13-14-34(43(30)52)39-24-40-44(56-39)41(36-9-7-10-37(50)42(36)51)45(59(40)29-63-21-22-63)35-12-11-32(49)23-38(35)55-28-60;1-10-5-7-14(8-6-10)17-16-11(2)12(3)23-18(16)22(13(4)19)15(20)9-21-17/h7,9-14,23,28,40-41,44-45H,8,15-22,24-27,29,52H2,1-6H3,(H,53,61)(H,54,62)(H,55,60);5-8,19-20H,9H2,1-4H3/t40-,41-,44+,45?;/m0./s1. The van der Waals surface area contributed by atoms with Crippen LogP contribution in [-0.2, 0) is 9.59 Å². The van der Waals surface area contributed by atoms with Gasteiger partial charge in [0.1, 0.15) is 22.5 Å². The zero-order chi connectivity index (χ0) is 61.9. The SMILES string of the molecule is CC(=N)N1C(=N)CN=C(c2ccc(C)cc2)c2c1sc(C)c2C.CC(=O)NCCCN1CCN(CC(C)(C)CC(C)(C)CNC(=O)c2ccc(C3=N[C@H]4[C@H](c5cccc(Cl)c5F)C(c5ccc(Cl)cc5NC=O)N(CP5CC5)[C@H]4C3)c(N)c2C)CC1. The Hall–Kier alpha value is -5.91. The molecule has 5 aliphatic heterocycles. The number of nitrogens with one attached hydrogen (secondary N) is 5. The number of halogens is 3. The number of nitrogens with zero attached hydrogens (tertiary/aromatic N) is 6. The molecule has 5 aliphatic rings. The minimum atomic E-state index is -0.464. The molecule has 4 atom stereocenters. The van der Waals surface area contributed by atoms with E-state index in [1.807, 2.05) is 31.2 Å². The minimum Gasteiger partial charge on any atom is -0.398 e. The molecule has 0 bridgehead atoms. The molecule has 458 valence electrons. The number of rotatable bonds is 19. The van der Waals surface area contributed by atoms with Crippen molar-refractivity contribution >= 4 is 100 Å². The largest absolute Gasteiger partial charge is 0.398 e. The van der Waals surface area contributed by atoms with Crippen molar-refractivity contribution in [3.8, 4) is 0 Å². The summed E-state index contributed by atoms with van der Waals surface area (Å²) in [5, 5.41) is 26.8. The van der Waals surface area contributed by atoms with Crippen LogP contribution in [0.2, 0.25) is 10.0 Å². The van der Waals surface area contributed by atoms with Gasteiger partial charge in [0.2, 0.25) is 12.3 Å². The predicted octanol–water partition coefficient (Wildman–Crippen LogP) is 12.4. The second kappa shape index (κ2) is 27.2. The van der Waals surface area contributed by atoms with Gasteiger partial charge in [-0.15, -0.1) is 11.3 Å². The van der Waals surface area contributed by atoms with Crippen molar-refractivity contribution in [2.45, 2.75) is 113 Å². The number of aryl methyl sites for hydroxylation is 2. The molecule has 0 spiro atoms. The number of amidine groups is 2. The van der Waals surface area contributed by atoms with Crippen LogP contribution in [0, 0.1) is 55.2 Å². The maximum atomic E-state index is 16.2. The Kier molecular flexibility index (Phi) is 20.4. The lowest BCUT2D eigenvalue weighted by molar-refractivity contribution is -0.119. The van der Waals surface area contributed by atoms with E-state index in [1.54, 1.807) is 54.3 Å². The van der Waals surface area contributed by atoms with E-state index < -0.39 is 11.7 Å². The summed E-state index contributed by atoms with van der Waals surface area (Å²) < 4.78 is 16.2. The van der Waals surface area contributed by atoms with Crippen LogP contribution in [-0.4, -0.2) is 146 Å². The fourth-order valence-corrected chi connectivity index (χ4v) is 16.6. The fraction of sp³-hybridized carbons (Fsp3) is 0.470. The van der Waals surface area contributed by atoms with Gasteiger partial charge in [-0.25, -0.2) is 4.39 Å². The normalized spacial score (nSPS) is 20.1. The Morgan fingerprint density at radius 2 is 1.62 bits per heavy atom. The average Bonchev–Trinajstić information content (AvgIpc) is 1.66. The van der Waals surface area contributed by atoms with E-state index in [9.17, 15) is 14.4 Å². The van der Waals surface area contributed by atoms with Crippen molar-refractivity contribution in [2.24, 2.45) is 20.8 Å². The Morgan fingerprint density at radius 3 is 2.29 bits per heavy atom. The molecule has 0 radical (unpaired) electrons. The molecule has 3 saturated heterocycles. The summed E-state index contributed by atoms with van der Waals surface area (Å²) >= 11 is 14.5. The number of benzene rings is 4. The Labute approximate surface area is 522 Å². The van der Waals surface area contributed by atoms with Crippen LogP contribution in [0.15, 0.2) is 82.8 Å². The number of carbonyl (C=O) groups excluding carboxylic acids is 3. The zero-order valence-electron chi connectivity index (χ0n) is 51.4. The molecule has 0 saturated carbocycles. The molecular weight excluding hydrogens is 1160 g/mol. The molecule has 3 fully saturated rings. The van der Waals surface area contributed by atoms with Crippen molar-refractivity contribution in [2.75, 3.05) is 93.5 Å². The number of amides is 3. The summed E-state index contributed by atoms with van der Waals surface area (Å²) in [7, 11) is -0.192. The lowest BCUT2D eigenvalue weighted by atomic mass is 9.74. The average molecular weight is 1250 g/mol. The van der Waals surface area contributed by atoms with Crippen molar-refractivity contribution in [3.63, 3.8) is 0 Å². The summed E-state index contributed by atoms with van der Waals surface area (Å²) in [6, 6.07) is 22.1. The number of nitrogen functional groups attached to an aromatic ring is 1. The zero-order valence-corrected chi connectivity index (χ0v) is 54.6. The van der Waals surface area contributed by atoms with Crippen LogP contribution < -0.4 is 26.6 Å². The van der Waals surface area contributed by atoms with Crippen molar-refractivity contribution in [1.29, 1.82) is 10.8 Å². The van der Waals surface area contributed by atoms with Gasteiger partial charge in [-0.05, 0) is 124 Å². The van der Waals surface area contributed by atoms with Crippen LogP contribution in [0.1, 0.15) is 133 Å². The Balaban J connectivity index is 0.000000319. The topological polar surface area (TPSA) is 199 Å². The Morgan fingerprint density at radius 1 is 0.907 bits per heavy atom. The van der Waals surface area contributed by atoms with E-state index >= 15 is 4.39 Å².